The van der Waals surface area contributed by atoms with Gasteiger partial charge < -0.3 is 9.36 Å². The van der Waals surface area contributed by atoms with E-state index in [2.05, 4.69) is 31.7 Å². The van der Waals surface area contributed by atoms with Crippen LogP contribution in [0.4, 0.5) is 0 Å². The summed E-state index contributed by atoms with van der Waals surface area (Å²) in [6, 6.07) is 10.4. The van der Waals surface area contributed by atoms with Crippen LogP contribution in [0.25, 0.3) is 10.9 Å². The van der Waals surface area contributed by atoms with Crippen LogP contribution in [0.2, 0.25) is 0 Å². The van der Waals surface area contributed by atoms with Crippen molar-refractivity contribution in [2.24, 2.45) is 5.16 Å². The summed E-state index contributed by atoms with van der Waals surface area (Å²) in [7, 11) is 2.17. The predicted molar refractivity (Wildman–Crippen MR) is 95.1 cm³/mol. The van der Waals surface area contributed by atoms with Crippen LogP contribution < -0.4 is 0 Å². The van der Waals surface area contributed by atoms with Gasteiger partial charge in [-0.15, -0.1) is 0 Å². The summed E-state index contributed by atoms with van der Waals surface area (Å²) in [6.45, 7) is 0.819. The first kappa shape index (κ1) is 15.7. The van der Waals surface area contributed by atoms with Crippen LogP contribution in [0.1, 0.15) is 18.4 Å². The Balaban J connectivity index is 1.59. The zero-order chi connectivity index (χ0) is 15.2. The largest absolute Gasteiger partial charge is 0.383 e. The van der Waals surface area contributed by atoms with Gasteiger partial charge in [0, 0.05) is 29.7 Å². The number of ether oxygens (including phenoxy) is 1. The van der Waals surface area contributed by atoms with Crippen LogP contribution in [0.5, 0.6) is 0 Å². The number of para-hydroxylation sites is 1. The molecule has 116 valence electrons. The molecule has 0 amide bonds. The lowest BCUT2D eigenvalue weighted by Gasteiger charge is -2.12. The first-order valence-electron chi connectivity index (χ1n) is 7.32. The minimum absolute atomic E-state index is 0.114. The van der Waals surface area contributed by atoms with Crippen molar-refractivity contribution in [3.63, 3.8) is 0 Å². The molecule has 0 spiro atoms. The maximum absolute atomic E-state index is 5.68. The lowest BCUT2D eigenvalue weighted by molar-refractivity contribution is 0.156. The number of rotatable bonds is 6. The number of oxime groups is 1. The number of nitrogens with zero attached hydrogens (tertiary/aromatic N) is 2. The smallest absolute Gasteiger partial charge is 0.0998 e. The lowest BCUT2D eigenvalue weighted by atomic mass is 10.2. The Morgan fingerprint density at radius 2 is 2.36 bits per heavy atom. The Morgan fingerprint density at radius 1 is 1.45 bits per heavy atom. The van der Waals surface area contributed by atoms with Crippen molar-refractivity contribution in [2.45, 2.75) is 24.7 Å². The monoisotopic (exact) mass is 334 g/mol. The molecule has 1 aliphatic heterocycles. The highest BCUT2D eigenvalue weighted by Gasteiger charge is 2.22. The maximum atomic E-state index is 5.68. The van der Waals surface area contributed by atoms with Gasteiger partial charge in [0.25, 0.3) is 0 Å². The topological polar surface area (TPSA) is 43.7 Å². The lowest BCUT2D eigenvalue weighted by Crippen LogP contribution is -2.22. The van der Waals surface area contributed by atoms with Crippen LogP contribution in [0.3, 0.4) is 0 Å². The van der Waals surface area contributed by atoms with Crippen molar-refractivity contribution < 1.29 is 9.36 Å². The first-order valence-corrected chi connectivity index (χ1v) is 8.95. The summed E-state index contributed by atoms with van der Waals surface area (Å²) < 4.78 is 10.6. The molecule has 1 fully saturated rings. The number of pyridine rings is 1. The second kappa shape index (κ2) is 7.91. The third-order valence-electron chi connectivity index (χ3n) is 3.64. The van der Waals surface area contributed by atoms with Crippen LogP contribution in [-0.2, 0) is 15.1 Å². The second-order valence-corrected chi connectivity index (χ2v) is 6.42. The molecule has 2 heterocycles. The van der Waals surface area contributed by atoms with Crippen LogP contribution in [0, 0.1) is 0 Å². The second-order valence-electron chi connectivity index (χ2n) is 5.22. The Labute approximate surface area is 136 Å². The van der Waals surface area contributed by atoms with Crippen molar-refractivity contribution in [1.29, 1.82) is 0 Å². The molecule has 0 aliphatic carbocycles. The van der Waals surface area contributed by atoms with Crippen molar-refractivity contribution >= 4 is 37.8 Å². The summed E-state index contributed by atoms with van der Waals surface area (Å²) in [5.41, 5.74) is 3.24. The van der Waals surface area contributed by atoms with E-state index < -0.39 is 0 Å². The molecule has 1 aromatic carbocycles. The summed E-state index contributed by atoms with van der Waals surface area (Å²) in [5, 5.41) is 5.29. The molecular weight excluding hydrogens is 315 g/mol. The van der Waals surface area contributed by atoms with Gasteiger partial charge in [0.2, 0.25) is 0 Å². The van der Waals surface area contributed by atoms with Crippen molar-refractivity contribution in [3.8, 4) is 0 Å². The van der Waals surface area contributed by atoms with Crippen molar-refractivity contribution in [1.82, 2.24) is 4.98 Å². The first-order chi connectivity index (χ1) is 10.9. The van der Waals surface area contributed by atoms with Crippen LogP contribution >= 0.6 is 21.2 Å². The molecule has 22 heavy (non-hydrogen) atoms. The molecule has 2 aromatic rings. The molecule has 2 unspecified atom stereocenters. The fourth-order valence-corrected chi connectivity index (χ4v) is 3.63. The van der Waals surface area contributed by atoms with Gasteiger partial charge in [-0.05, 0) is 30.5 Å². The van der Waals surface area contributed by atoms with Gasteiger partial charge in [-0.2, -0.15) is 11.8 Å². The van der Waals surface area contributed by atoms with E-state index >= 15 is 0 Å². The van der Waals surface area contributed by atoms with E-state index in [0.29, 0.717) is 0 Å². The van der Waals surface area contributed by atoms with E-state index in [1.54, 1.807) is 0 Å². The van der Waals surface area contributed by atoms with E-state index in [1.807, 2.05) is 36.2 Å². The SMILES string of the molecule is PON=C(CSCc1cnc2ccccc2c1)C1CCCO1. The zero-order valence-electron chi connectivity index (χ0n) is 12.3. The molecule has 2 atom stereocenters. The molecule has 1 aromatic heterocycles. The van der Waals surface area contributed by atoms with E-state index in [1.165, 1.54) is 10.9 Å². The minimum atomic E-state index is 0.114. The fourth-order valence-electron chi connectivity index (χ4n) is 2.56. The Morgan fingerprint density at radius 3 is 3.18 bits per heavy atom. The van der Waals surface area contributed by atoms with Crippen LogP contribution in [0.15, 0.2) is 41.7 Å². The summed E-state index contributed by atoms with van der Waals surface area (Å²) >= 11 is 1.81. The normalized spacial score (nSPS) is 18.8. The number of hydrogen-bond donors (Lipinski definition) is 0. The third-order valence-corrected chi connectivity index (χ3v) is 4.78. The maximum Gasteiger partial charge on any atom is 0.0998 e. The van der Waals surface area contributed by atoms with Gasteiger partial charge in [0.05, 0.1) is 26.8 Å². The van der Waals surface area contributed by atoms with E-state index in [0.717, 1.165) is 42.2 Å². The number of fused-ring (bicyclic) bond motifs is 1. The molecule has 6 heteroatoms. The minimum Gasteiger partial charge on any atom is -0.383 e. The molecule has 0 N–H and O–H groups in total. The summed E-state index contributed by atoms with van der Waals surface area (Å²) in [5.74, 6) is 1.71. The Hall–Kier alpha value is -1.16. The van der Waals surface area contributed by atoms with E-state index in [4.69, 9.17) is 9.36 Å². The number of hydrogen-bond acceptors (Lipinski definition) is 5. The highest BCUT2D eigenvalue weighted by atomic mass is 32.2. The van der Waals surface area contributed by atoms with E-state index in [9.17, 15) is 0 Å². The van der Waals surface area contributed by atoms with Gasteiger partial charge in [0.15, 0.2) is 0 Å². The molecule has 1 aliphatic rings. The van der Waals surface area contributed by atoms with Crippen molar-refractivity contribution in [2.75, 3.05) is 12.4 Å². The number of aromatic nitrogens is 1. The molecular formula is C16H19N2O2PS. The van der Waals surface area contributed by atoms with E-state index in [-0.39, 0.29) is 6.10 Å². The molecule has 4 nitrogen and oxygen atoms in total. The molecule has 3 rings (SSSR count). The van der Waals surface area contributed by atoms with Gasteiger partial charge >= 0.3 is 0 Å². The Bertz CT molecular complexity index is 659. The average Bonchev–Trinajstić information content (AvgIpc) is 3.08. The Kier molecular flexibility index (Phi) is 5.65. The third kappa shape index (κ3) is 3.97. The van der Waals surface area contributed by atoms with Crippen LogP contribution in [-0.4, -0.2) is 29.2 Å². The molecule has 0 saturated carbocycles. The number of benzene rings is 1. The van der Waals surface area contributed by atoms with Gasteiger partial charge in [-0.1, -0.05) is 23.4 Å². The molecule has 1 saturated heterocycles. The van der Waals surface area contributed by atoms with Crippen molar-refractivity contribution in [3.05, 3.63) is 42.1 Å². The highest BCUT2D eigenvalue weighted by Crippen LogP contribution is 2.21. The van der Waals surface area contributed by atoms with Gasteiger partial charge in [-0.3, -0.25) is 4.98 Å². The number of thioether (sulfide) groups is 1. The molecule has 0 bridgehead atoms. The summed E-state index contributed by atoms with van der Waals surface area (Å²) in [6.07, 6.45) is 4.19. The van der Waals surface area contributed by atoms with Gasteiger partial charge in [0.1, 0.15) is 0 Å². The van der Waals surface area contributed by atoms with Gasteiger partial charge in [-0.25, -0.2) is 0 Å². The quantitative estimate of drug-likeness (QED) is 0.458. The zero-order valence-corrected chi connectivity index (χ0v) is 14.2. The average molecular weight is 334 g/mol. The molecule has 0 radical (unpaired) electrons. The predicted octanol–water partition coefficient (Wildman–Crippen LogP) is 3.81. The highest BCUT2D eigenvalue weighted by molar-refractivity contribution is 7.99. The fraction of sp³-hybridized carbons (Fsp3) is 0.375. The standard InChI is InChI=1S/C16H19N2O2PS/c21-20-18-15(16-6-3-7-19-16)11-22-10-12-8-13-4-1-2-5-14(13)17-9-12/h1-2,4-5,8-9,16H,3,6-7,10-11,21H2. The summed E-state index contributed by atoms with van der Waals surface area (Å²) in [4.78, 5) is 4.50.